The van der Waals surface area contributed by atoms with Crippen molar-refractivity contribution in [3.05, 3.63) is 17.7 Å². The first-order valence-corrected chi connectivity index (χ1v) is 6.97. The van der Waals surface area contributed by atoms with Gasteiger partial charge in [-0.1, -0.05) is 12.8 Å². The highest BCUT2D eigenvalue weighted by Gasteiger charge is 2.32. The van der Waals surface area contributed by atoms with Crippen LogP contribution in [-0.2, 0) is 0 Å². The Labute approximate surface area is 131 Å². The largest absolute Gasteiger partial charge is 0.508 e. The molecule has 1 fully saturated rings. The van der Waals surface area contributed by atoms with E-state index in [9.17, 15) is 10.2 Å². The SMILES string of the molecule is COc1cc(O)cc(OC)c1[C@H](N)[C@H](O)C1CCCC1.Cl. The summed E-state index contributed by atoms with van der Waals surface area (Å²) in [5.41, 5.74) is 6.83. The Morgan fingerprint density at radius 3 is 2.05 bits per heavy atom. The van der Waals surface area contributed by atoms with E-state index < -0.39 is 12.1 Å². The number of phenols is 1. The number of aliphatic hydroxyl groups excluding tert-OH is 1. The van der Waals surface area contributed by atoms with Gasteiger partial charge in [0.1, 0.15) is 17.2 Å². The number of hydrogen-bond donors (Lipinski definition) is 3. The van der Waals surface area contributed by atoms with Crippen LogP contribution >= 0.6 is 12.4 Å². The standard InChI is InChI=1S/C15H23NO4.ClH/c1-19-11-7-10(17)8-12(20-2)13(11)14(16)15(18)9-5-3-4-6-9;/h7-9,14-15,17-18H,3-6,16H2,1-2H3;1H/t14-,15+;/m0./s1. The van der Waals surface area contributed by atoms with E-state index in [1.54, 1.807) is 0 Å². The van der Waals surface area contributed by atoms with Crippen molar-refractivity contribution in [2.24, 2.45) is 11.7 Å². The molecule has 21 heavy (non-hydrogen) atoms. The predicted molar refractivity (Wildman–Crippen MR) is 83.4 cm³/mol. The maximum atomic E-state index is 10.5. The van der Waals surface area contributed by atoms with Gasteiger partial charge in [0, 0.05) is 12.1 Å². The molecule has 1 saturated carbocycles. The highest BCUT2D eigenvalue weighted by atomic mass is 35.5. The number of benzene rings is 1. The van der Waals surface area contributed by atoms with Crippen LogP contribution in [0.3, 0.4) is 0 Å². The van der Waals surface area contributed by atoms with Gasteiger partial charge in [-0.3, -0.25) is 0 Å². The van der Waals surface area contributed by atoms with Crippen LogP contribution in [0.25, 0.3) is 0 Å². The van der Waals surface area contributed by atoms with Crippen LogP contribution in [0.2, 0.25) is 0 Å². The molecule has 0 saturated heterocycles. The summed E-state index contributed by atoms with van der Waals surface area (Å²) in [7, 11) is 3.01. The van der Waals surface area contributed by atoms with Crippen LogP contribution in [0.1, 0.15) is 37.3 Å². The summed E-state index contributed by atoms with van der Waals surface area (Å²) < 4.78 is 10.5. The first-order chi connectivity index (χ1) is 9.58. The van der Waals surface area contributed by atoms with Crippen LogP contribution in [0, 0.1) is 5.92 Å². The highest BCUT2D eigenvalue weighted by molar-refractivity contribution is 5.85. The van der Waals surface area contributed by atoms with Crippen molar-refractivity contribution in [3.8, 4) is 17.2 Å². The summed E-state index contributed by atoms with van der Waals surface area (Å²) in [6, 6.07) is 2.38. The first-order valence-electron chi connectivity index (χ1n) is 6.97. The molecule has 0 aliphatic heterocycles. The van der Waals surface area contributed by atoms with E-state index in [0.717, 1.165) is 25.7 Å². The minimum atomic E-state index is -0.634. The number of aliphatic hydroxyl groups is 1. The van der Waals surface area contributed by atoms with Gasteiger partial charge in [0.2, 0.25) is 0 Å². The fourth-order valence-corrected chi connectivity index (χ4v) is 3.02. The molecular formula is C15H24ClNO4. The quantitative estimate of drug-likeness (QED) is 0.776. The van der Waals surface area contributed by atoms with Gasteiger partial charge >= 0.3 is 0 Å². The molecule has 1 aliphatic carbocycles. The molecular weight excluding hydrogens is 294 g/mol. The number of nitrogens with two attached hydrogens (primary N) is 1. The molecule has 0 unspecified atom stereocenters. The number of ether oxygens (including phenoxy) is 2. The number of rotatable bonds is 5. The van der Waals surface area contributed by atoms with Gasteiger partial charge < -0.3 is 25.4 Å². The van der Waals surface area contributed by atoms with Gasteiger partial charge in [-0.25, -0.2) is 0 Å². The predicted octanol–water partition coefficient (Wildman–Crippen LogP) is 2.38. The molecule has 0 aromatic heterocycles. The molecule has 0 bridgehead atoms. The normalized spacial score (nSPS) is 17.9. The Morgan fingerprint density at radius 1 is 1.14 bits per heavy atom. The molecule has 0 amide bonds. The summed E-state index contributed by atoms with van der Waals surface area (Å²) in [6.45, 7) is 0. The number of methoxy groups -OCH3 is 2. The van der Waals surface area contributed by atoms with Crippen LogP contribution in [0.15, 0.2) is 12.1 Å². The number of hydrogen-bond acceptors (Lipinski definition) is 5. The third kappa shape index (κ3) is 3.73. The highest BCUT2D eigenvalue weighted by Crippen LogP contribution is 2.41. The summed E-state index contributed by atoms with van der Waals surface area (Å²) in [6.07, 6.45) is 3.64. The Balaban J connectivity index is 0.00000220. The van der Waals surface area contributed by atoms with E-state index in [2.05, 4.69) is 0 Å². The minimum Gasteiger partial charge on any atom is -0.508 e. The fraction of sp³-hybridized carbons (Fsp3) is 0.600. The van der Waals surface area contributed by atoms with Crippen LogP contribution in [0.4, 0.5) is 0 Å². The fourth-order valence-electron chi connectivity index (χ4n) is 3.02. The molecule has 0 radical (unpaired) electrons. The minimum absolute atomic E-state index is 0. The van der Waals surface area contributed by atoms with Gasteiger partial charge in [-0.2, -0.15) is 0 Å². The molecule has 1 aromatic rings. The van der Waals surface area contributed by atoms with Crippen molar-refractivity contribution in [1.82, 2.24) is 0 Å². The monoisotopic (exact) mass is 317 g/mol. The number of phenolic OH excluding ortho intramolecular Hbond substituents is 1. The Kier molecular flexibility index (Phi) is 6.58. The van der Waals surface area contributed by atoms with Gasteiger partial charge in [0.05, 0.1) is 31.9 Å². The van der Waals surface area contributed by atoms with E-state index in [4.69, 9.17) is 15.2 Å². The molecule has 0 heterocycles. The van der Waals surface area contributed by atoms with E-state index in [-0.39, 0.29) is 24.1 Å². The van der Waals surface area contributed by atoms with E-state index >= 15 is 0 Å². The van der Waals surface area contributed by atoms with E-state index in [1.807, 2.05) is 0 Å². The summed E-state index contributed by atoms with van der Waals surface area (Å²) in [5, 5.41) is 20.1. The van der Waals surface area contributed by atoms with Gasteiger partial charge in [-0.05, 0) is 18.8 Å². The third-order valence-electron chi connectivity index (χ3n) is 4.11. The van der Waals surface area contributed by atoms with Crippen molar-refractivity contribution < 1.29 is 19.7 Å². The summed E-state index contributed by atoms with van der Waals surface area (Å²) >= 11 is 0. The Morgan fingerprint density at radius 2 is 1.62 bits per heavy atom. The maximum absolute atomic E-state index is 10.5. The second-order valence-electron chi connectivity index (χ2n) is 5.32. The number of halogens is 1. The lowest BCUT2D eigenvalue weighted by molar-refractivity contribution is 0.0826. The van der Waals surface area contributed by atoms with Gasteiger partial charge in [0.25, 0.3) is 0 Å². The molecule has 1 aliphatic rings. The summed E-state index contributed by atoms with van der Waals surface area (Å²) in [4.78, 5) is 0. The lowest BCUT2D eigenvalue weighted by atomic mass is 9.90. The molecule has 4 N–H and O–H groups in total. The molecule has 5 nitrogen and oxygen atoms in total. The topological polar surface area (TPSA) is 84.9 Å². The van der Waals surface area contributed by atoms with Crippen LogP contribution in [-0.4, -0.2) is 30.5 Å². The zero-order chi connectivity index (χ0) is 14.7. The van der Waals surface area contributed by atoms with E-state index in [0.29, 0.717) is 17.1 Å². The molecule has 2 rings (SSSR count). The van der Waals surface area contributed by atoms with Crippen LogP contribution in [0.5, 0.6) is 17.2 Å². The van der Waals surface area contributed by atoms with Crippen molar-refractivity contribution in [3.63, 3.8) is 0 Å². The van der Waals surface area contributed by atoms with E-state index in [1.165, 1.54) is 26.4 Å². The third-order valence-corrected chi connectivity index (χ3v) is 4.11. The smallest absolute Gasteiger partial charge is 0.131 e. The zero-order valence-electron chi connectivity index (χ0n) is 12.4. The van der Waals surface area contributed by atoms with Gasteiger partial charge in [-0.15, -0.1) is 12.4 Å². The molecule has 120 valence electrons. The molecule has 2 atom stereocenters. The Bertz CT molecular complexity index is 438. The van der Waals surface area contributed by atoms with Crippen molar-refractivity contribution >= 4 is 12.4 Å². The van der Waals surface area contributed by atoms with Crippen molar-refractivity contribution in [2.75, 3.05) is 14.2 Å². The second kappa shape index (κ2) is 7.73. The van der Waals surface area contributed by atoms with Gasteiger partial charge in [0.15, 0.2) is 0 Å². The zero-order valence-corrected chi connectivity index (χ0v) is 13.2. The second-order valence-corrected chi connectivity index (χ2v) is 5.32. The van der Waals surface area contributed by atoms with Crippen molar-refractivity contribution in [2.45, 2.75) is 37.8 Å². The van der Waals surface area contributed by atoms with Crippen molar-refractivity contribution in [1.29, 1.82) is 0 Å². The maximum Gasteiger partial charge on any atom is 0.131 e. The average Bonchev–Trinajstić information content (AvgIpc) is 2.98. The molecule has 6 heteroatoms. The Hall–Kier alpha value is -1.17. The van der Waals surface area contributed by atoms with Crippen LogP contribution < -0.4 is 15.2 Å². The lowest BCUT2D eigenvalue weighted by Gasteiger charge is -2.27. The number of aromatic hydroxyl groups is 1. The molecule has 0 spiro atoms. The summed E-state index contributed by atoms with van der Waals surface area (Å²) in [5.74, 6) is 1.14. The lowest BCUT2D eigenvalue weighted by Crippen LogP contribution is -2.32. The average molecular weight is 318 g/mol. The first kappa shape index (κ1) is 17.9. The molecule has 1 aromatic carbocycles.